The van der Waals surface area contributed by atoms with Gasteiger partial charge < -0.3 is 0 Å². The van der Waals surface area contributed by atoms with Gasteiger partial charge in [0, 0.05) is 0 Å². The first-order chi connectivity index (χ1) is 3.97. The fourth-order valence-corrected chi connectivity index (χ4v) is 2.60. The molecule has 2 fully saturated rings. The van der Waals surface area contributed by atoms with Crippen LogP contribution in [0.4, 0.5) is 0 Å². The highest BCUT2D eigenvalue weighted by atomic mass is 14.6. The summed E-state index contributed by atoms with van der Waals surface area (Å²) in [5, 5.41) is 0. The molecular weight excluding hydrogens is 96.1 g/mol. The minimum absolute atomic E-state index is 1.13. The van der Waals surface area contributed by atoms with Crippen LogP contribution in [0.2, 0.25) is 0 Å². The Hall–Kier alpha value is -0.260. The van der Waals surface area contributed by atoms with Crippen molar-refractivity contribution in [3.8, 4) is 0 Å². The first kappa shape index (κ1) is 3.71. The molecule has 42 valence electrons. The van der Waals surface area contributed by atoms with Crippen LogP contribution in [-0.2, 0) is 0 Å². The molecule has 0 radical (unpaired) electrons. The molecule has 0 amide bonds. The zero-order valence-corrected chi connectivity index (χ0v) is 4.93. The van der Waals surface area contributed by atoms with Crippen LogP contribution in [0.5, 0.6) is 0 Å². The van der Waals surface area contributed by atoms with Gasteiger partial charge in [0.1, 0.15) is 0 Å². The second-order valence-electron chi connectivity index (χ2n) is 3.41. The molecule has 0 aliphatic heterocycles. The topological polar surface area (TPSA) is 0 Å². The van der Waals surface area contributed by atoms with Crippen molar-refractivity contribution in [1.82, 2.24) is 0 Å². The Morgan fingerprint density at radius 3 is 3.12 bits per heavy atom. The molecule has 0 spiro atoms. The predicted molar refractivity (Wildman–Crippen MR) is 32.4 cm³/mol. The number of rotatable bonds is 0. The van der Waals surface area contributed by atoms with E-state index >= 15 is 0 Å². The second kappa shape index (κ2) is 0.896. The Balaban J connectivity index is 2.10. The van der Waals surface area contributed by atoms with Gasteiger partial charge in [-0.25, -0.2) is 0 Å². The molecule has 8 heavy (non-hydrogen) atoms. The molecule has 3 aliphatic rings. The number of hydrogen-bond acceptors (Lipinski definition) is 0. The van der Waals surface area contributed by atoms with Gasteiger partial charge in [0.15, 0.2) is 0 Å². The van der Waals surface area contributed by atoms with E-state index in [-0.39, 0.29) is 0 Å². The zero-order chi connectivity index (χ0) is 5.14. The van der Waals surface area contributed by atoms with Gasteiger partial charge in [0.05, 0.1) is 0 Å². The maximum absolute atomic E-state index is 2.48. The van der Waals surface area contributed by atoms with Crippen molar-refractivity contribution in [2.45, 2.75) is 19.3 Å². The first-order valence-corrected chi connectivity index (χ1v) is 3.66. The maximum atomic E-state index is 2.48. The van der Waals surface area contributed by atoms with Crippen molar-refractivity contribution < 1.29 is 0 Å². The largest absolute Gasteiger partial charge is 0.0850 e. The summed E-state index contributed by atoms with van der Waals surface area (Å²) in [6.07, 6.45) is 6.87. The predicted octanol–water partition coefficient (Wildman–Crippen LogP) is 1.97. The summed E-state index contributed by atoms with van der Waals surface area (Å²) in [5.41, 5.74) is 1.81. The summed E-state index contributed by atoms with van der Waals surface area (Å²) >= 11 is 0. The lowest BCUT2D eigenvalue weighted by Crippen LogP contribution is -2.02. The van der Waals surface area contributed by atoms with Gasteiger partial charge in [-0.05, 0) is 37.0 Å². The molecule has 2 saturated carbocycles. The molecule has 0 nitrogen and oxygen atoms in total. The van der Waals surface area contributed by atoms with Crippen molar-refractivity contribution >= 4 is 0 Å². The van der Waals surface area contributed by atoms with Crippen LogP contribution in [0.1, 0.15) is 19.3 Å². The standard InChI is InChI=1S/C8H10/c1-2-5-4-7-6(3-1)8(5)7/h2,6-8H,1,3-4H2. The average Bonchev–Trinajstić information content (AvgIpc) is 2.33. The molecular formula is C8H10. The third-order valence-corrected chi connectivity index (χ3v) is 3.14. The molecule has 0 saturated heterocycles. The summed E-state index contributed by atoms with van der Waals surface area (Å²) < 4.78 is 0. The molecule has 3 aliphatic carbocycles. The molecule has 0 heterocycles. The minimum atomic E-state index is 1.13. The van der Waals surface area contributed by atoms with Crippen molar-refractivity contribution in [2.24, 2.45) is 17.8 Å². The lowest BCUT2D eigenvalue weighted by atomic mass is 9.91. The molecule has 3 unspecified atom stereocenters. The maximum Gasteiger partial charge on any atom is -0.0137 e. The summed E-state index contributed by atoms with van der Waals surface area (Å²) in [6.45, 7) is 0. The molecule has 3 atom stereocenters. The smallest absolute Gasteiger partial charge is 0.0137 e. The zero-order valence-electron chi connectivity index (χ0n) is 4.93. The van der Waals surface area contributed by atoms with E-state index in [1.165, 1.54) is 31.1 Å². The molecule has 0 aromatic heterocycles. The van der Waals surface area contributed by atoms with E-state index in [2.05, 4.69) is 6.08 Å². The Labute approximate surface area is 49.6 Å². The second-order valence-corrected chi connectivity index (χ2v) is 3.41. The van der Waals surface area contributed by atoms with Gasteiger partial charge in [-0.15, -0.1) is 0 Å². The number of fused-ring (bicyclic) bond motifs is 1. The van der Waals surface area contributed by atoms with Gasteiger partial charge in [-0.2, -0.15) is 0 Å². The minimum Gasteiger partial charge on any atom is -0.0850 e. The van der Waals surface area contributed by atoms with Crippen LogP contribution in [-0.4, -0.2) is 0 Å². The lowest BCUT2D eigenvalue weighted by Gasteiger charge is -2.15. The molecule has 3 rings (SSSR count). The number of allylic oxidation sites excluding steroid dienone is 2. The van der Waals surface area contributed by atoms with E-state index in [1.54, 1.807) is 0 Å². The van der Waals surface area contributed by atoms with Crippen LogP contribution in [0.15, 0.2) is 11.6 Å². The van der Waals surface area contributed by atoms with Crippen LogP contribution >= 0.6 is 0 Å². The molecule has 0 N–H and O–H groups in total. The van der Waals surface area contributed by atoms with Crippen LogP contribution in [0.25, 0.3) is 0 Å². The quantitative estimate of drug-likeness (QED) is 0.414. The fraction of sp³-hybridized carbons (Fsp3) is 0.750. The summed E-state index contributed by atoms with van der Waals surface area (Å²) in [4.78, 5) is 0. The SMILES string of the molecule is C1=C2CC3C(CC1)C23. The van der Waals surface area contributed by atoms with Gasteiger partial charge >= 0.3 is 0 Å². The van der Waals surface area contributed by atoms with E-state index in [0.29, 0.717) is 0 Å². The van der Waals surface area contributed by atoms with E-state index < -0.39 is 0 Å². The summed E-state index contributed by atoms with van der Waals surface area (Å²) in [6, 6.07) is 0. The summed E-state index contributed by atoms with van der Waals surface area (Å²) in [7, 11) is 0. The summed E-state index contributed by atoms with van der Waals surface area (Å²) in [5.74, 6) is 3.49. The molecule has 0 heteroatoms. The molecule has 0 aromatic carbocycles. The Morgan fingerprint density at radius 2 is 2.38 bits per heavy atom. The average molecular weight is 106 g/mol. The number of hydrogen-bond donors (Lipinski definition) is 0. The van der Waals surface area contributed by atoms with Gasteiger partial charge in [-0.3, -0.25) is 0 Å². The van der Waals surface area contributed by atoms with E-state index in [4.69, 9.17) is 0 Å². The highest BCUT2D eigenvalue weighted by Crippen LogP contribution is 2.68. The van der Waals surface area contributed by atoms with E-state index in [1.807, 2.05) is 5.57 Å². The van der Waals surface area contributed by atoms with Crippen LogP contribution < -0.4 is 0 Å². The molecule has 0 aromatic rings. The Bertz CT molecular complexity index is 167. The van der Waals surface area contributed by atoms with Crippen molar-refractivity contribution in [2.75, 3.05) is 0 Å². The highest BCUT2D eigenvalue weighted by Gasteiger charge is 2.60. The van der Waals surface area contributed by atoms with E-state index in [9.17, 15) is 0 Å². The normalized spacial score (nSPS) is 56.0. The van der Waals surface area contributed by atoms with Crippen molar-refractivity contribution in [3.05, 3.63) is 11.6 Å². The Kier molecular flexibility index (Phi) is 0.415. The third-order valence-electron chi connectivity index (χ3n) is 3.14. The van der Waals surface area contributed by atoms with E-state index in [0.717, 1.165) is 5.92 Å². The highest BCUT2D eigenvalue weighted by molar-refractivity contribution is 5.33. The van der Waals surface area contributed by atoms with Crippen molar-refractivity contribution in [3.63, 3.8) is 0 Å². The Morgan fingerprint density at radius 1 is 1.38 bits per heavy atom. The van der Waals surface area contributed by atoms with Crippen LogP contribution in [0, 0.1) is 17.8 Å². The third kappa shape index (κ3) is 0.229. The van der Waals surface area contributed by atoms with Crippen molar-refractivity contribution in [1.29, 1.82) is 0 Å². The monoisotopic (exact) mass is 106 g/mol. The van der Waals surface area contributed by atoms with Gasteiger partial charge in [0.25, 0.3) is 0 Å². The van der Waals surface area contributed by atoms with Crippen LogP contribution in [0.3, 0.4) is 0 Å². The lowest BCUT2D eigenvalue weighted by molar-refractivity contribution is 0.617. The fourth-order valence-electron chi connectivity index (χ4n) is 2.60. The van der Waals surface area contributed by atoms with Gasteiger partial charge in [-0.1, -0.05) is 11.6 Å². The first-order valence-electron chi connectivity index (χ1n) is 3.66. The molecule has 0 bridgehead atoms. The van der Waals surface area contributed by atoms with Gasteiger partial charge in [0.2, 0.25) is 0 Å².